The van der Waals surface area contributed by atoms with Gasteiger partial charge in [-0.05, 0) is 66.8 Å². The van der Waals surface area contributed by atoms with Crippen LogP contribution in [0.2, 0.25) is 0 Å². The molecular weight excluding hydrogens is 328 g/mol. The van der Waals surface area contributed by atoms with Crippen LogP contribution in [0.5, 0.6) is 11.5 Å². The smallest absolute Gasteiger partial charge is 0.277 e. The molecule has 0 saturated carbocycles. The molecule has 5 nitrogen and oxygen atoms in total. The van der Waals surface area contributed by atoms with E-state index in [1.807, 2.05) is 55.5 Å². The van der Waals surface area contributed by atoms with E-state index in [1.54, 1.807) is 6.21 Å². The van der Waals surface area contributed by atoms with Gasteiger partial charge in [-0.3, -0.25) is 4.79 Å². The zero-order valence-electron chi connectivity index (χ0n) is 15.6. The molecule has 1 amide bonds. The first-order valence-electron chi connectivity index (χ1n) is 8.89. The normalized spacial score (nSPS) is 12.0. The fourth-order valence-electron chi connectivity index (χ4n) is 2.31. The Bertz CT molecular complexity index is 709. The van der Waals surface area contributed by atoms with E-state index < -0.39 is 0 Å². The molecule has 5 heteroatoms. The van der Waals surface area contributed by atoms with Gasteiger partial charge in [-0.25, -0.2) is 5.43 Å². The number of rotatable bonds is 9. The molecule has 0 aliphatic rings. The number of nitrogens with one attached hydrogen (secondary N) is 1. The van der Waals surface area contributed by atoms with Crippen molar-refractivity contribution in [2.75, 3.05) is 13.2 Å². The molecule has 0 aromatic heterocycles. The van der Waals surface area contributed by atoms with Gasteiger partial charge in [-0.15, -0.1) is 0 Å². The number of carbonyl (C=O) groups is 1. The minimum Gasteiger partial charge on any atom is -0.494 e. The Morgan fingerprint density at radius 3 is 2.27 bits per heavy atom. The van der Waals surface area contributed by atoms with Gasteiger partial charge >= 0.3 is 0 Å². The topological polar surface area (TPSA) is 59.9 Å². The number of benzene rings is 2. The number of hydrazone groups is 1. The van der Waals surface area contributed by atoms with Crippen LogP contribution in [0, 0.1) is 0 Å². The minimum atomic E-state index is -0.307. The number of hydrogen-bond donors (Lipinski definition) is 1. The van der Waals surface area contributed by atoms with E-state index in [1.165, 1.54) is 5.56 Å². The second kappa shape index (κ2) is 10.2. The summed E-state index contributed by atoms with van der Waals surface area (Å²) in [6, 6.07) is 15.3. The monoisotopic (exact) mass is 354 g/mol. The molecule has 2 rings (SSSR count). The molecule has 0 aliphatic carbocycles. The Kier molecular flexibility index (Phi) is 7.68. The maximum absolute atomic E-state index is 11.8. The van der Waals surface area contributed by atoms with Gasteiger partial charge in [0.25, 0.3) is 5.91 Å². The van der Waals surface area contributed by atoms with Crippen LogP contribution in [0.1, 0.15) is 44.2 Å². The van der Waals surface area contributed by atoms with Crippen molar-refractivity contribution in [2.45, 2.75) is 33.1 Å². The first kappa shape index (κ1) is 19.5. The van der Waals surface area contributed by atoms with Crippen LogP contribution in [0.4, 0.5) is 0 Å². The van der Waals surface area contributed by atoms with Gasteiger partial charge in [0.05, 0.1) is 12.8 Å². The van der Waals surface area contributed by atoms with Crippen molar-refractivity contribution in [1.29, 1.82) is 0 Å². The van der Waals surface area contributed by atoms with Crippen LogP contribution >= 0.6 is 0 Å². The summed E-state index contributed by atoms with van der Waals surface area (Å²) >= 11 is 0. The fourth-order valence-corrected chi connectivity index (χ4v) is 2.31. The van der Waals surface area contributed by atoms with Crippen molar-refractivity contribution < 1.29 is 14.3 Å². The highest BCUT2D eigenvalue weighted by molar-refractivity contribution is 5.83. The van der Waals surface area contributed by atoms with Crippen molar-refractivity contribution in [3.05, 3.63) is 59.7 Å². The summed E-state index contributed by atoms with van der Waals surface area (Å²) in [5.74, 6) is 1.69. The van der Waals surface area contributed by atoms with Crippen LogP contribution < -0.4 is 14.9 Å². The van der Waals surface area contributed by atoms with Gasteiger partial charge in [0, 0.05) is 0 Å². The molecule has 1 atom stereocenters. The highest BCUT2D eigenvalue weighted by atomic mass is 16.5. The highest BCUT2D eigenvalue weighted by Crippen LogP contribution is 2.21. The molecule has 0 spiro atoms. The molecular formula is C21H26N2O3. The summed E-state index contributed by atoms with van der Waals surface area (Å²) in [5.41, 5.74) is 4.59. The van der Waals surface area contributed by atoms with Crippen LogP contribution in [0.3, 0.4) is 0 Å². The molecule has 0 fully saturated rings. The zero-order valence-corrected chi connectivity index (χ0v) is 15.6. The van der Waals surface area contributed by atoms with Crippen LogP contribution in [-0.2, 0) is 4.79 Å². The maximum Gasteiger partial charge on any atom is 0.277 e. The molecule has 0 saturated heterocycles. The van der Waals surface area contributed by atoms with Crippen LogP contribution in [0.25, 0.3) is 0 Å². The summed E-state index contributed by atoms with van der Waals surface area (Å²) in [4.78, 5) is 11.8. The first-order chi connectivity index (χ1) is 12.6. The van der Waals surface area contributed by atoms with Crippen molar-refractivity contribution >= 4 is 12.1 Å². The average molecular weight is 354 g/mol. The molecule has 138 valence electrons. The van der Waals surface area contributed by atoms with Crippen molar-refractivity contribution in [3.8, 4) is 11.5 Å². The van der Waals surface area contributed by atoms with E-state index >= 15 is 0 Å². The number of carbonyl (C=O) groups excluding carboxylic acids is 1. The molecule has 1 N–H and O–H groups in total. The number of hydrogen-bond acceptors (Lipinski definition) is 4. The lowest BCUT2D eigenvalue weighted by Gasteiger charge is -2.10. The third-order valence-corrected chi connectivity index (χ3v) is 4.03. The van der Waals surface area contributed by atoms with Crippen LogP contribution in [-0.4, -0.2) is 25.3 Å². The second-order valence-electron chi connectivity index (χ2n) is 5.96. The molecule has 2 aromatic rings. The van der Waals surface area contributed by atoms with Gasteiger partial charge in [0.2, 0.25) is 0 Å². The highest BCUT2D eigenvalue weighted by Gasteiger charge is 2.04. The number of amides is 1. The zero-order chi connectivity index (χ0) is 18.8. The van der Waals surface area contributed by atoms with E-state index in [2.05, 4.69) is 24.4 Å². The van der Waals surface area contributed by atoms with E-state index in [4.69, 9.17) is 9.47 Å². The maximum atomic E-state index is 11.8. The van der Waals surface area contributed by atoms with Gasteiger partial charge in [-0.1, -0.05) is 26.0 Å². The summed E-state index contributed by atoms with van der Waals surface area (Å²) in [5, 5.41) is 3.93. The molecule has 2 aromatic carbocycles. The Hall–Kier alpha value is -2.82. The molecule has 26 heavy (non-hydrogen) atoms. The van der Waals surface area contributed by atoms with E-state index in [0.717, 1.165) is 17.7 Å². The summed E-state index contributed by atoms with van der Waals surface area (Å²) in [6.07, 6.45) is 2.67. The lowest BCUT2D eigenvalue weighted by atomic mass is 9.99. The lowest BCUT2D eigenvalue weighted by Crippen LogP contribution is -2.24. The third-order valence-electron chi connectivity index (χ3n) is 4.03. The standard InChI is InChI=1S/C21H26N2O3/c1-4-16(3)18-8-12-20(13-9-18)26-15-21(24)23-22-14-17-6-10-19(11-7-17)25-5-2/h6-14,16H,4-5,15H2,1-3H3,(H,23,24)/b22-14-/t16-/m1/s1. The number of nitrogens with zero attached hydrogens (tertiary/aromatic N) is 1. The van der Waals surface area contributed by atoms with Gasteiger partial charge in [0.15, 0.2) is 6.61 Å². The Balaban J connectivity index is 1.76. The van der Waals surface area contributed by atoms with Crippen molar-refractivity contribution in [1.82, 2.24) is 5.43 Å². The second-order valence-corrected chi connectivity index (χ2v) is 5.96. The van der Waals surface area contributed by atoms with Crippen LogP contribution in [0.15, 0.2) is 53.6 Å². The summed E-state index contributed by atoms with van der Waals surface area (Å²) in [6.45, 7) is 6.83. The Labute approximate surface area is 155 Å². The SMILES string of the molecule is CCOc1ccc(/C=N\NC(=O)COc2ccc([C@H](C)CC)cc2)cc1. The average Bonchev–Trinajstić information content (AvgIpc) is 2.68. The lowest BCUT2D eigenvalue weighted by molar-refractivity contribution is -0.123. The minimum absolute atomic E-state index is 0.0801. The number of ether oxygens (including phenoxy) is 2. The fraction of sp³-hybridized carbons (Fsp3) is 0.333. The molecule has 0 bridgehead atoms. The Morgan fingerprint density at radius 1 is 1.04 bits per heavy atom. The summed E-state index contributed by atoms with van der Waals surface area (Å²) < 4.78 is 10.9. The predicted octanol–water partition coefficient (Wildman–Crippen LogP) is 4.13. The van der Waals surface area contributed by atoms with Gasteiger partial charge in [0.1, 0.15) is 11.5 Å². The van der Waals surface area contributed by atoms with Crippen molar-refractivity contribution in [3.63, 3.8) is 0 Å². The predicted molar refractivity (Wildman–Crippen MR) is 104 cm³/mol. The third kappa shape index (κ3) is 6.24. The van der Waals surface area contributed by atoms with Crippen molar-refractivity contribution in [2.24, 2.45) is 5.10 Å². The summed E-state index contributed by atoms with van der Waals surface area (Å²) in [7, 11) is 0. The van der Waals surface area contributed by atoms with E-state index in [9.17, 15) is 4.79 Å². The molecule has 0 unspecified atom stereocenters. The van der Waals surface area contributed by atoms with E-state index in [0.29, 0.717) is 18.3 Å². The van der Waals surface area contributed by atoms with E-state index in [-0.39, 0.29) is 12.5 Å². The van der Waals surface area contributed by atoms with Gasteiger partial charge < -0.3 is 9.47 Å². The quantitative estimate of drug-likeness (QED) is 0.544. The molecule has 0 heterocycles. The largest absolute Gasteiger partial charge is 0.494 e. The Morgan fingerprint density at radius 2 is 1.65 bits per heavy atom. The van der Waals surface area contributed by atoms with Gasteiger partial charge in [-0.2, -0.15) is 5.10 Å². The first-order valence-corrected chi connectivity index (χ1v) is 8.89. The molecule has 0 radical (unpaired) electrons. The molecule has 0 aliphatic heterocycles.